The quantitative estimate of drug-likeness (QED) is 0.180. The first-order valence-corrected chi connectivity index (χ1v) is 20.4. The molecule has 0 saturated carbocycles. The third kappa shape index (κ3) is 4.20. The van der Waals surface area contributed by atoms with Crippen LogP contribution in [0.3, 0.4) is 0 Å². The summed E-state index contributed by atoms with van der Waals surface area (Å²) in [6.45, 7) is 4.62. The molecule has 13 rings (SSSR count). The average Bonchev–Trinajstić information content (AvgIpc) is 3.98. The zero-order chi connectivity index (χ0) is 39.0. The van der Waals surface area contributed by atoms with E-state index < -0.39 is 5.41 Å². The number of aromatic nitrogens is 3. The number of benzene rings is 8. The molecule has 0 radical (unpaired) electrons. The number of hydrogen-bond donors (Lipinski definition) is 0. The van der Waals surface area contributed by atoms with E-state index in [1.165, 1.54) is 66.8 Å². The fourth-order valence-electron chi connectivity index (χ4n) is 10.8. The van der Waals surface area contributed by atoms with Gasteiger partial charge < -0.3 is 4.42 Å². The lowest BCUT2D eigenvalue weighted by atomic mass is 9.70. The van der Waals surface area contributed by atoms with Gasteiger partial charge >= 0.3 is 0 Å². The predicted octanol–water partition coefficient (Wildman–Crippen LogP) is 13.4. The van der Waals surface area contributed by atoms with Crippen molar-refractivity contribution in [2.45, 2.75) is 24.7 Å². The minimum absolute atomic E-state index is 0.165. The van der Waals surface area contributed by atoms with Crippen LogP contribution in [0.1, 0.15) is 47.2 Å². The van der Waals surface area contributed by atoms with Gasteiger partial charge in [0.25, 0.3) is 0 Å². The van der Waals surface area contributed by atoms with E-state index in [0.29, 0.717) is 17.5 Å². The van der Waals surface area contributed by atoms with E-state index >= 15 is 0 Å². The van der Waals surface area contributed by atoms with Gasteiger partial charge in [0, 0.05) is 27.3 Å². The van der Waals surface area contributed by atoms with Gasteiger partial charge in [-0.2, -0.15) is 0 Å². The normalized spacial score (nSPS) is 14.5. The monoisotopic (exact) mass is 753 g/mol. The van der Waals surface area contributed by atoms with Gasteiger partial charge in [-0.05, 0) is 85.0 Å². The number of para-hydroxylation sites is 2. The number of rotatable bonds is 3. The molecule has 4 heteroatoms. The molecule has 3 aliphatic rings. The summed E-state index contributed by atoms with van der Waals surface area (Å²) in [5, 5.41) is 2.11. The topological polar surface area (TPSA) is 51.8 Å². The van der Waals surface area contributed by atoms with E-state index in [1.807, 2.05) is 12.1 Å². The van der Waals surface area contributed by atoms with Crippen LogP contribution in [0.25, 0.3) is 89.5 Å². The second-order valence-electron chi connectivity index (χ2n) is 16.6. The van der Waals surface area contributed by atoms with Crippen molar-refractivity contribution in [1.29, 1.82) is 0 Å². The molecule has 0 atom stereocenters. The largest absolute Gasteiger partial charge is 0.455 e. The molecule has 0 N–H and O–H groups in total. The molecular formula is C55H35N3O. The van der Waals surface area contributed by atoms with Crippen LogP contribution in [0, 0.1) is 0 Å². The highest BCUT2D eigenvalue weighted by Crippen LogP contribution is 2.63. The molecule has 0 saturated heterocycles. The minimum Gasteiger partial charge on any atom is -0.455 e. The smallest absolute Gasteiger partial charge is 0.167 e. The van der Waals surface area contributed by atoms with Crippen molar-refractivity contribution < 1.29 is 4.42 Å². The molecule has 0 fully saturated rings. The van der Waals surface area contributed by atoms with Crippen molar-refractivity contribution in [2.24, 2.45) is 0 Å². The molecule has 276 valence electrons. The van der Waals surface area contributed by atoms with E-state index in [9.17, 15) is 0 Å². The molecule has 0 unspecified atom stereocenters. The molecule has 4 nitrogen and oxygen atoms in total. The Bertz CT molecular complexity index is 3400. The van der Waals surface area contributed by atoms with Gasteiger partial charge in [0.15, 0.2) is 17.5 Å². The molecule has 8 aromatic carbocycles. The zero-order valence-electron chi connectivity index (χ0n) is 32.5. The van der Waals surface area contributed by atoms with Gasteiger partial charge in [-0.25, -0.2) is 15.0 Å². The van der Waals surface area contributed by atoms with Crippen molar-refractivity contribution in [1.82, 2.24) is 15.0 Å². The Labute approximate surface area is 341 Å². The summed E-state index contributed by atoms with van der Waals surface area (Å²) in [5.41, 5.74) is 19.0. The fourth-order valence-corrected chi connectivity index (χ4v) is 10.8. The van der Waals surface area contributed by atoms with Crippen molar-refractivity contribution in [3.63, 3.8) is 0 Å². The summed E-state index contributed by atoms with van der Waals surface area (Å²) in [5.74, 6) is 1.84. The van der Waals surface area contributed by atoms with Gasteiger partial charge in [-0.15, -0.1) is 0 Å². The Morgan fingerprint density at radius 3 is 1.59 bits per heavy atom. The standard InChI is InChI=1S/C55H35N3O/c1-54(2)42-23-8-6-19-38(42)49-39(21-14-27-47(49)54)52-56-51(57-53(58-52)40-22-13-20-37-36-18-7-12-28-48(36)59-50(37)40)32-29-30-46-41(31-32)35-17-5-11-26-45(35)55(46)43-24-9-3-15-33(43)34-16-4-10-25-44(34)55/h3-31H,1-2H3. The molecule has 10 aromatic rings. The lowest BCUT2D eigenvalue weighted by Crippen LogP contribution is -2.25. The average molecular weight is 754 g/mol. The molecule has 1 spiro atoms. The van der Waals surface area contributed by atoms with Crippen LogP contribution < -0.4 is 0 Å². The lowest BCUT2D eigenvalue weighted by molar-refractivity contribution is 0.660. The van der Waals surface area contributed by atoms with Crippen LogP contribution in [0.5, 0.6) is 0 Å². The number of fused-ring (bicyclic) bond motifs is 16. The minimum atomic E-state index is -0.422. The molecule has 3 aliphatic carbocycles. The summed E-state index contributed by atoms with van der Waals surface area (Å²) in [6.07, 6.45) is 0. The number of furan rings is 1. The summed E-state index contributed by atoms with van der Waals surface area (Å²) in [6, 6.07) is 63.4. The van der Waals surface area contributed by atoms with Gasteiger partial charge in [0.2, 0.25) is 0 Å². The van der Waals surface area contributed by atoms with Gasteiger partial charge in [0.1, 0.15) is 11.2 Å². The highest BCUT2D eigenvalue weighted by Gasteiger charge is 2.51. The second-order valence-corrected chi connectivity index (χ2v) is 16.6. The van der Waals surface area contributed by atoms with Crippen LogP contribution in [0.2, 0.25) is 0 Å². The molecule has 0 bridgehead atoms. The van der Waals surface area contributed by atoms with Crippen LogP contribution >= 0.6 is 0 Å². The van der Waals surface area contributed by atoms with Crippen molar-refractivity contribution in [2.75, 3.05) is 0 Å². The summed E-state index contributed by atoms with van der Waals surface area (Å²) >= 11 is 0. The summed E-state index contributed by atoms with van der Waals surface area (Å²) < 4.78 is 6.59. The van der Waals surface area contributed by atoms with E-state index in [0.717, 1.165) is 38.6 Å². The van der Waals surface area contributed by atoms with Crippen molar-refractivity contribution in [3.8, 4) is 67.5 Å². The first-order chi connectivity index (χ1) is 29.0. The number of hydrogen-bond acceptors (Lipinski definition) is 4. The Morgan fingerprint density at radius 2 is 0.864 bits per heavy atom. The maximum Gasteiger partial charge on any atom is 0.167 e. The van der Waals surface area contributed by atoms with Crippen LogP contribution in [-0.4, -0.2) is 15.0 Å². The van der Waals surface area contributed by atoms with E-state index in [2.05, 4.69) is 178 Å². The van der Waals surface area contributed by atoms with Gasteiger partial charge in [-0.3, -0.25) is 0 Å². The fraction of sp³-hybridized carbons (Fsp3) is 0.0727. The van der Waals surface area contributed by atoms with Gasteiger partial charge in [-0.1, -0.05) is 172 Å². The Morgan fingerprint density at radius 1 is 0.373 bits per heavy atom. The van der Waals surface area contributed by atoms with Crippen LogP contribution in [0.4, 0.5) is 0 Å². The lowest BCUT2D eigenvalue weighted by Gasteiger charge is -2.30. The third-order valence-electron chi connectivity index (χ3n) is 13.4. The predicted molar refractivity (Wildman–Crippen MR) is 237 cm³/mol. The van der Waals surface area contributed by atoms with Crippen molar-refractivity contribution >= 4 is 21.9 Å². The maximum absolute atomic E-state index is 6.59. The van der Waals surface area contributed by atoms with Crippen LogP contribution in [0.15, 0.2) is 180 Å². The Balaban J connectivity index is 1.07. The molecule has 2 heterocycles. The van der Waals surface area contributed by atoms with E-state index in [-0.39, 0.29) is 5.41 Å². The third-order valence-corrected chi connectivity index (χ3v) is 13.4. The molecule has 0 aliphatic heterocycles. The SMILES string of the molecule is CC1(C)c2ccccc2-c2c(-c3nc(-c4ccc5c(c4)-c4ccccc4C54c5ccccc5-c5ccccc54)nc(-c4cccc5c4oc4ccccc45)n3)cccc21. The van der Waals surface area contributed by atoms with Crippen LogP contribution in [-0.2, 0) is 10.8 Å². The molecule has 59 heavy (non-hydrogen) atoms. The van der Waals surface area contributed by atoms with Crippen molar-refractivity contribution in [3.05, 3.63) is 209 Å². The molecule has 2 aromatic heterocycles. The van der Waals surface area contributed by atoms with Gasteiger partial charge in [0.05, 0.1) is 11.0 Å². The highest BCUT2D eigenvalue weighted by atomic mass is 16.3. The first-order valence-electron chi connectivity index (χ1n) is 20.4. The Hall–Kier alpha value is -7.43. The van der Waals surface area contributed by atoms with E-state index in [1.54, 1.807) is 0 Å². The first kappa shape index (κ1) is 32.6. The second kappa shape index (κ2) is 11.6. The molecule has 0 amide bonds. The van der Waals surface area contributed by atoms with E-state index in [4.69, 9.17) is 19.4 Å². The zero-order valence-corrected chi connectivity index (χ0v) is 32.5. The maximum atomic E-state index is 6.59. The molecular weight excluding hydrogens is 719 g/mol. The summed E-state index contributed by atoms with van der Waals surface area (Å²) in [4.78, 5) is 16.1. The highest BCUT2D eigenvalue weighted by molar-refractivity contribution is 6.09. The summed E-state index contributed by atoms with van der Waals surface area (Å²) in [7, 11) is 0. The number of nitrogens with zero attached hydrogens (tertiary/aromatic N) is 3. The Kier molecular flexibility index (Phi) is 6.41.